The molecule has 0 spiro atoms. The van der Waals surface area contributed by atoms with Crippen LogP contribution in [0.5, 0.6) is 0 Å². The summed E-state index contributed by atoms with van der Waals surface area (Å²) < 4.78 is 5.25. The molecule has 0 bridgehead atoms. The van der Waals surface area contributed by atoms with Gasteiger partial charge in [-0.25, -0.2) is 0 Å². The summed E-state index contributed by atoms with van der Waals surface area (Å²) in [7, 11) is 0. The first kappa shape index (κ1) is 5.18. The van der Waals surface area contributed by atoms with Crippen molar-refractivity contribution in [1.29, 1.82) is 0 Å². The van der Waals surface area contributed by atoms with Gasteiger partial charge in [0.2, 0.25) is 0 Å². The number of allylic oxidation sites excluding steroid dienone is 1. The predicted octanol–water partition coefficient (Wildman–Crippen LogP) is 2.04. The molecule has 0 aromatic rings. The Morgan fingerprint density at radius 1 is 1.56 bits per heavy atom. The minimum Gasteiger partial charge on any atom is -0.488 e. The van der Waals surface area contributed by atoms with Crippen molar-refractivity contribution in [2.45, 2.75) is 0 Å². The van der Waals surface area contributed by atoms with Crippen LogP contribution in [0, 0.1) is 0 Å². The molecule has 9 heavy (non-hydrogen) atoms. The van der Waals surface area contributed by atoms with E-state index in [0.717, 1.165) is 12.4 Å². The van der Waals surface area contributed by atoms with Gasteiger partial charge < -0.3 is 4.74 Å². The maximum absolute atomic E-state index is 5.25. The zero-order valence-corrected chi connectivity index (χ0v) is 5.65. The average Bonchev–Trinajstić information content (AvgIpc) is 2.33. The van der Waals surface area contributed by atoms with Crippen molar-refractivity contribution in [1.82, 2.24) is 0 Å². The Bertz CT molecular complexity index is 213. The second kappa shape index (κ2) is 1.95. The Hall–Kier alpha value is -0.630. The first-order valence-corrected chi connectivity index (χ1v) is 3.76. The summed E-state index contributed by atoms with van der Waals surface area (Å²) in [5.74, 6) is 1.03. The third-order valence-corrected chi connectivity index (χ3v) is 1.97. The van der Waals surface area contributed by atoms with Gasteiger partial charge in [0.05, 0.1) is 0 Å². The fourth-order valence-corrected chi connectivity index (χ4v) is 1.50. The summed E-state index contributed by atoms with van der Waals surface area (Å²) in [4.78, 5) is 0. The number of rotatable bonds is 0. The molecule has 1 nitrogen and oxygen atoms in total. The lowest BCUT2D eigenvalue weighted by molar-refractivity contribution is 0.278. The summed E-state index contributed by atoms with van der Waals surface area (Å²) in [5, 5.41) is 4.09. The molecule has 0 saturated carbocycles. The van der Waals surface area contributed by atoms with E-state index in [-0.39, 0.29) is 0 Å². The van der Waals surface area contributed by atoms with Gasteiger partial charge in [-0.1, -0.05) is 0 Å². The second-order valence-electron chi connectivity index (χ2n) is 1.89. The van der Waals surface area contributed by atoms with Gasteiger partial charge in [0.15, 0.2) is 0 Å². The van der Waals surface area contributed by atoms with Crippen LogP contribution < -0.4 is 0 Å². The molecule has 0 aliphatic carbocycles. The molecule has 0 aromatic carbocycles. The third kappa shape index (κ3) is 0.793. The maximum atomic E-state index is 5.25. The summed E-state index contributed by atoms with van der Waals surface area (Å²) in [6, 6.07) is 0. The average molecular weight is 138 g/mol. The number of hydrogen-bond acceptors (Lipinski definition) is 2. The predicted molar refractivity (Wildman–Crippen MR) is 38.8 cm³/mol. The molecule has 2 aliphatic heterocycles. The van der Waals surface area contributed by atoms with Gasteiger partial charge in [-0.15, -0.1) is 11.8 Å². The van der Waals surface area contributed by atoms with E-state index in [4.69, 9.17) is 4.74 Å². The number of thioether (sulfide) groups is 1. The van der Waals surface area contributed by atoms with Crippen molar-refractivity contribution >= 4 is 11.8 Å². The lowest BCUT2D eigenvalue weighted by atomic mass is 10.2. The number of ether oxygens (including phenoxy) is 1. The van der Waals surface area contributed by atoms with E-state index in [1.807, 2.05) is 5.41 Å². The molecule has 0 saturated heterocycles. The topological polar surface area (TPSA) is 9.23 Å². The molecule has 2 rings (SSSR count). The van der Waals surface area contributed by atoms with Crippen LogP contribution in [0.2, 0.25) is 0 Å². The molecule has 0 unspecified atom stereocenters. The molecule has 2 aliphatic rings. The van der Waals surface area contributed by atoms with Crippen molar-refractivity contribution < 1.29 is 4.74 Å². The highest BCUT2D eigenvalue weighted by Gasteiger charge is 2.11. The van der Waals surface area contributed by atoms with Crippen LogP contribution in [0.1, 0.15) is 0 Å². The highest BCUT2D eigenvalue weighted by molar-refractivity contribution is 8.05. The van der Waals surface area contributed by atoms with Crippen molar-refractivity contribution in [2.24, 2.45) is 0 Å². The molecule has 46 valence electrons. The summed E-state index contributed by atoms with van der Waals surface area (Å²) in [6.07, 6.45) is 4.16. The fraction of sp³-hybridized carbons (Fsp3) is 0.143. The van der Waals surface area contributed by atoms with E-state index in [2.05, 4.69) is 17.6 Å². The van der Waals surface area contributed by atoms with E-state index in [0.29, 0.717) is 0 Å². The molecule has 0 fully saturated rings. The third-order valence-electron chi connectivity index (χ3n) is 1.33. The number of hydrogen-bond donors (Lipinski definition) is 0. The largest absolute Gasteiger partial charge is 0.488 e. The zero-order chi connectivity index (χ0) is 6.10. The Kier molecular flexibility index (Phi) is 1.12. The molecule has 0 N–H and O–H groups in total. The van der Waals surface area contributed by atoms with Crippen molar-refractivity contribution in [3.05, 3.63) is 34.3 Å². The minimum absolute atomic E-state index is 0.742. The van der Waals surface area contributed by atoms with Crippen LogP contribution in [-0.2, 0) is 4.74 Å². The lowest BCUT2D eigenvalue weighted by Crippen LogP contribution is -1.84. The first-order valence-electron chi connectivity index (χ1n) is 2.82. The quantitative estimate of drug-likeness (QED) is 0.506. The fourth-order valence-electron chi connectivity index (χ4n) is 0.871. The Labute approximate surface area is 58.1 Å². The summed E-state index contributed by atoms with van der Waals surface area (Å²) >= 11 is 1.66. The summed E-state index contributed by atoms with van der Waals surface area (Å²) in [6.45, 7) is 0.742. The van der Waals surface area contributed by atoms with Gasteiger partial charge in [-0.3, -0.25) is 0 Å². The Balaban J connectivity index is 2.37. The molecular formula is C7H6OS. The van der Waals surface area contributed by atoms with Crippen LogP contribution in [-0.4, -0.2) is 6.61 Å². The van der Waals surface area contributed by atoms with E-state index < -0.39 is 0 Å². The lowest BCUT2D eigenvalue weighted by Gasteiger charge is -2.02. The smallest absolute Gasteiger partial charge is 0.133 e. The molecule has 2 heterocycles. The standard InChI is InChI=1S/C7H6OS/c1-3-8-7-5-9-4-2-6(1)7/h1-2,4-5H,3H2. The van der Waals surface area contributed by atoms with Crippen LogP contribution in [0.4, 0.5) is 0 Å². The molecule has 0 amide bonds. The minimum atomic E-state index is 0.742. The second-order valence-corrected chi connectivity index (χ2v) is 2.67. The van der Waals surface area contributed by atoms with Gasteiger partial charge in [0.1, 0.15) is 12.4 Å². The van der Waals surface area contributed by atoms with Crippen molar-refractivity contribution in [3.63, 3.8) is 0 Å². The van der Waals surface area contributed by atoms with Crippen molar-refractivity contribution in [2.75, 3.05) is 6.61 Å². The van der Waals surface area contributed by atoms with E-state index in [9.17, 15) is 0 Å². The van der Waals surface area contributed by atoms with Gasteiger partial charge >= 0.3 is 0 Å². The van der Waals surface area contributed by atoms with E-state index in [1.54, 1.807) is 11.8 Å². The normalized spacial score (nSPS) is 22.2. The van der Waals surface area contributed by atoms with E-state index in [1.165, 1.54) is 5.57 Å². The molecular weight excluding hydrogens is 132 g/mol. The molecule has 0 radical (unpaired) electrons. The monoisotopic (exact) mass is 138 g/mol. The van der Waals surface area contributed by atoms with Crippen molar-refractivity contribution in [3.8, 4) is 0 Å². The van der Waals surface area contributed by atoms with Crippen LogP contribution >= 0.6 is 11.8 Å². The Morgan fingerprint density at radius 3 is 3.44 bits per heavy atom. The highest BCUT2D eigenvalue weighted by atomic mass is 32.2. The number of fused-ring (bicyclic) bond motifs is 1. The molecule has 0 atom stereocenters. The SMILES string of the molecule is C1=CC2=CCOC2=CS1. The zero-order valence-electron chi connectivity index (χ0n) is 4.83. The highest BCUT2D eigenvalue weighted by Crippen LogP contribution is 2.28. The van der Waals surface area contributed by atoms with Gasteiger partial charge in [0.25, 0.3) is 0 Å². The van der Waals surface area contributed by atoms with E-state index >= 15 is 0 Å². The molecule has 0 aromatic heterocycles. The summed E-state index contributed by atoms with van der Waals surface area (Å²) in [5.41, 5.74) is 1.23. The Morgan fingerprint density at radius 2 is 2.56 bits per heavy atom. The van der Waals surface area contributed by atoms with Gasteiger partial charge in [-0.2, -0.15) is 0 Å². The maximum Gasteiger partial charge on any atom is 0.133 e. The van der Waals surface area contributed by atoms with Gasteiger partial charge in [0, 0.05) is 11.0 Å². The van der Waals surface area contributed by atoms with Crippen LogP contribution in [0.25, 0.3) is 0 Å². The van der Waals surface area contributed by atoms with Gasteiger partial charge in [-0.05, 0) is 17.6 Å². The molecule has 2 heteroatoms. The van der Waals surface area contributed by atoms with Crippen LogP contribution in [0.15, 0.2) is 34.3 Å². The van der Waals surface area contributed by atoms with Crippen LogP contribution in [0.3, 0.4) is 0 Å². The first-order chi connectivity index (χ1) is 4.47.